The van der Waals surface area contributed by atoms with Crippen LogP contribution < -0.4 is 10.1 Å². The summed E-state index contributed by atoms with van der Waals surface area (Å²) in [6.07, 6.45) is 1.42. The van der Waals surface area contributed by atoms with Gasteiger partial charge in [-0.15, -0.1) is 0 Å². The molecule has 0 atom stereocenters. The third kappa shape index (κ3) is 5.31. The van der Waals surface area contributed by atoms with Crippen molar-refractivity contribution >= 4 is 23.6 Å². The van der Waals surface area contributed by atoms with Crippen LogP contribution in [0.2, 0.25) is 0 Å². The van der Waals surface area contributed by atoms with E-state index in [0.717, 1.165) is 0 Å². The summed E-state index contributed by atoms with van der Waals surface area (Å²) in [5, 5.41) is 21.3. The van der Waals surface area contributed by atoms with E-state index in [1.165, 1.54) is 18.2 Å². The van der Waals surface area contributed by atoms with Gasteiger partial charge in [0.15, 0.2) is 0 Å². The number of rotatable bonds is 5. The lowest BCUT2D eigenvalue weighted by molar-refractivity contribution is -0.112. The molecule has 0 aliphatic rings. The highest BCUT2D eigenvalue weighted by Gasteiger charge is 2.11. The molecular formula is C23H16N2O4. The Morgan fingerprint density at radius 1 is 0.966 bits per heavy atom. The van der Waals surface area contributed by atoms with E-state index in [1.807, 2.05) is 6.07 Å². The average Bonchev–Trinajstić information content (AvgIpc) is 2.73. The van der Waals surface area contributed by atoms with Crippen molar-refractivity contribution in [3.05, 3.63) is 95.6 Å². The number of nitrogens with one attached hydrogen (secondary N) is 1. The summed E-state index contributed by atoms with van der Waals surface area (Å²) in [7, 11) is 0. The molecule has 0 radical (unpaired) electrons. The number of aromatic hydroxyl groups is 1. The fourth-order valence-electron chi connectivity index (χ4n) is 2.47. The Morgan fingerprint density at radius 2 is 1.69 bits per heavy atom. The van der Waals surface area contributed by atoms with Crippen LogP contribution in [0.1, 0.15) is 15.9 Å². The van der Waals surface area contributed by atoms with Gasteiger partial charge in [0.25, 0.3) is 5.91 Å². The summed E-state index contributed by atoms with van der Waals surface area (Å²) in [5.74, 6) is -0.723. The number of anilines is 1. The zero-order valence-corrected chi connectivity index (χ0v) is 15.2. The number of phenols is 1. The third-order valence-electron chi connectivity index (χ3n) is 3.88. The summed E-state index contributed by atoms with van der Waals surface area (Å²) in [5.41, 5.74) is 1.29. The Morgan fingerprint density at radius 3 is 2.34 bits per heavy atom. The zero-order valence-electron chi connectivity index (χ0n) is 15.2. The molecule has 0 aromatic heterocycles. The summed E-state index contributed by atoms with van der Waals surface area (Å²) in [4.78, 5) is 24.3. The molecule has 6 nitrogen and oxygen atoms in total. The van der Waals surface area contributed by atoms with Crippen LogP contribution in [-0.4, -0.2) is 17.0 Å². The van der Waals surface area contributed by atoms with E-state index >= 15 is 0 Å². The highest BCUT2D eigenvalue weighted by molar-refractivity contribution is 6.09. The van der Waals surface area contributed by atoms with Crippen LogP contribution in [0.25, 0.3) is 6.08 Å². The number of amides is 1. The smallest absolute Gasteiger partial charge is 0.343 e. The molecule has 0 bridgehead atoms. The van der Waals surface area contributed by atoms with Crippen LogP contribution >= 0.6 is 0 Å². The monoisotopic (exact) mass is 384 g/mol. The molecule has 3 aromatic carbocycles. The fraction of sp³-hybridized carbons (Fsp3) is 0. The van der Waals surface area contributed by atoms with Crippen molar-refractivity contribution in [1.29, 1.82) is 5.26 Å². The predicted octanol–water partition coefficient (Wildman–Crippen LogP) is 4.16. The second-order valence-corrected chi connectivity index (χ2v) is 6.00. The largest absolute Gasteiger partial charge is 0.508 e. The van der Waals surface area contributed by atoms with Gasteiger partial charge in [-0.05, 0) is 48.0 Å². The van der Waals surface area contributed by atoms with Crippen molar-refractivity contribution in [2.75, 3.05) is 5.32 Å². The van der Waals surface area contributed by atoms with Gasteiger partial charge in [-0.25, -0.2) is 4.79 Å². The number of hydrogen-bond donors (Lipinski definition) is 2. The number of hydrogen-bond acceptors (Lipinski definition) is 5. The van der Waals surface area contributed by atoms with Crippen molar-refractivity contribution in [3.63, 3.8) is 0 Å². The second kappa shape index (κ2) is 9.02. The maximum atomic E-state index is 12.3. The first-order valence-electron chi connectivity index (χ1n) is 8.64. The Labute approximate surface area is 167 Å². The van der Waals surface area contributed by atoms with Crippen LogP contribution in [0.15, 0.2) is 84.4 Å². The molecule has 0 spiro atoms. The Balaban J connectivity index is 1.69. The number of nitrogens with zero attached hydrogens (tertiary/aromatic N) is 1. The molecule has 2 N–H and O–H groups in total. The van der Waals surface area contributed by atoms with E-state index in [1.54, 1.807) is 66.7 Å². The number of esters is 1. The zero-order chi connectivity index (χ0) is 20.6. The fourth-order valence-corrected chi connectivity index (χ4v) is 2.47. The van der Waals surface area contributed by atoms with E-state index in [-0.39, 0.29) is 11.3 Å². The molecular weight excluding hydrogens is 368 g/mol. The molecule has 0 aliphatic carbocycles. The number of carbonyl (C=O) groups excluding carboxylic acids is 2. The number of carbonyl (C=O) groups is 2. The van der Waals surface area contributed by atoms with Crippen molar-refractivity contribution in [3.8, 4) is 17.6 Å². The minimum Gasteiger partial charge on any atom is -0.508 e. The predicted molar refractivity (Wildman–Crippen MR) is 108 cm³/mol. The molecule has 0 saturated heterocycles. The molecule has 3 aromatic rings. The van der Waals surface area contributed by atoms with Crippen LogP contribution in [0.3, 0.4) is 0 Å². The molecule has 0 aliphatic heterocycles. The Hall–Kier alpha value is -4.37. The molecule has 1 amide bonds. The highest BCUT2D eigenvalue weighted by atomic mass is 16.5. The summed E-state index contributed by atoms with van der Waals surface area (Å²) in [6, 6.07) is 22.9. The van der Waals surface area contributed by atoms with E-state index in [0.29, 0.717) is 22.6 Å². The normalized spacial score (nSPS) is 10.7. The quantitative estimate of drug-likeness (QED) is 0.298. The summed E-state index contributed by atoms with van der Waals surface area (Å²) >= 11 is 0. The lowest BCUT2D eigenvalue weighted by Gasteiger charge is -2.06. The number of ether oxygens (including phenoxy) is 1. The van der Waals surface area contributed by atoms with Gasteiger partial charge in [-0.2, -0.15) is 5.26 Å². The first kappa shape index (κ1) is 19.4. The molecule has 29 heavy (non-hydrogen) atoms. The Bertz CT molecular complexity index is 1100. The van der Waals surface area contributed by atoms with E-state index in [4.69, 9.17) is 4.74 Å². The molecule has 0 saturated carbocycles. The maximum Gasteiger partial charge on any atom is 0.343 e. The molecule has 0 heterocycles. The van der Waals surface area contributed by atoms with Crippen molar-refractivity contribution in [1.82, 2.24) is 0 Å². The lowest BCUT2D eigenvalue weighted by atomic mass is 10.1. The van der Waals surface area contributed by atoms with E-state index < -0.39 is 11.9 Å². The SMILES string of the molecule is N#C/C(=C\c1ccc(OC(=O)c2ccccc2)cc1)C(=O)Nc1cccc(O)c1. The molecule has 0 fully saturated rings. The van der Waals surface area contributed by atoms with Gasteiger partial charge in [0.1, 0.15) is 23.1 Å². The van der Waals surface area contributed by atoms with Crippen LogP contribution in [-0.2, 0) is 4.79 Å². The summed E-state index contributed by atoms with van der Waals surface area (Å²) < 4.78 is 5.30. The van der Waals surface area contributed by atoms with Crippen LogP contribution in [0.4, 0.5) is 5.69 Å². The van der Waals surface area contributed by atoms with E-state index in [2.05, 4.69) is 5.32 Å². The maximum absolute atomic E-state index is 12.3. The highest BCUT2D eigenvalue weighted by Crippen LogP contribution is 2.18. The van der Waals surface area contributed by atoms with Gasteiger partial charge in [0.05, 0.1) is 5.56 Å². The number of benzene rings is 3. The van der Waals surface area contributed by atoms with Gasteiger partial charge in [0.2, 0.25) is 0 Å². The standard InChI is InChI=1S/C23H16N2O4/c24-15-18(22(27)25-19-7-4-8-20(26)14-19)13-16-9-11-21(12-10-16)29-23(28)17-5-2-1-3-6-17/h1-14,26H,(H,25,27)/b18-13+. The van der Waals surface area contributed by atoms with Crippen molar-refractivity contribution in [2.45, 2.75) is 0 Å². The molecule has 0 unspecified atom stereocenters. The van der Waals surface area contributed by atoms with Crippen LogP contribution in [0, 0.1) is 11.3 Å². The minimum atomic E-state index is -0.599. The Kier molecular flexibility index (Phi) is 6.03. The van der Waals surface area contributed by atoms with Gasteiger partial charge >= 0.3 is 5.97 Å². The minimum absolute atomic E-state index is 0.00549. The molecule has 142 valence electrons. The van der Waals surface area contributed by atoms with Crippen molar-refractivity contribution in [2.24, 2.45) is 0 Å². The van der Waals surface area contributed by atoms with Gasteiger partial charge in [0, 0.05) is 11.8 Å². The number of nitriles is 1. The third-order valence-corrected chi connectivity index (χ3v) is 3.88. The topological polar surface area (TPSA) is 99.4 Å². The lowest BCUT2D eigenvalue weighted by Crippen LogP contribution is -2.13. The molecule has 6 heteroatoms. The molecule has 3 rings (SSSR count). The number of phenolic OH excluding ortho intramolecular Hbond substituents is 1. The van der Waals surface area contributed by atoms with Crippen LogP contribution in [0.5, 0.6) is 11.5 Å². The van der Waals surface area contributed by atoms with E-state index in [9.17, 15) is 20.0 Å². The van der Waals surface area contributed by atoms with Gasteiger partial charge in [-0.3, -0.25) is 4.79 Å². The second-order valence-electron chi connectivity index (χ2n) is 6.00. The van der Waals surface area contributed by atoms with Gasteiger partial charge in [-0.1, -0.05) is 36.4 Å². The summed E-state index contributed by atoms with van der Waals surface area (Å²) in [6.45, 7) is 0. The first-order chi connectivity index (χ1) is 14.0. The first-order valence-corrected chi connectivity index (χ1v) is 8.64. The van der Waals surface area contributed by atoms with Crippen molar-refractivity contribution < 1.29 is 19.4 Å². The van der Waals surface area contributed by atoms with Gasteiger partial charge < -0.3 is 15.2 Å². The average molecular weight is 384 g/mol.